The predicted molar refractivity (Wildman–Crippen MR) is 110 cm³/mol. The number of nitrogens with zero attached hydrogens (tertiary/aromatic N) is 1. The number of rotatable bonds is 5. The van der Waals surface area contributed by atoms with Gasteiger partial charge in [0.05, 0.1) is 6.42 Å². The summed E-state index contributed by atoms with van der Waals surface area (Å²) in [4.78, 5) is 35.8. The number of nitrogens with one attached hydrogen (secondary N) is 3. The van der Waals surface area contributed by atoms with E-state index in [1.165, 1.54) is 0 Å². The first-order chi connectivity index (χ1) is 13.3. The molecule has 7 nitrogen and oxygen atoms in total. The zero-order valence-corrected chi connectivity index (χ0v) is 16.6. The highest BCUT2D eigenvalue weighted by Gasteiger charge is 2.14. The molecular weight excluding hydrogens is 380 g/mol. The second kappa shape index (κ2) is 9.66. The van der Waals surface area contributed by atoms with E-state index in [0.29, 0.717) is 22.1 Å². The van der Waals surface area contributed by atoms with E-state index in [4.69, 9.17) is 11.6 Å². The van der Waals surface area contributed by atoms with Crippen molar-refractivity contribution < 1.29 is 14.4 Å². The molecule has 0 aliphatic heterocycles. The SMILES string of the molecule is CC(CC(=O)Nc1cccc(Cl)c1C)=NNC(=O)C(=O)Nc1ccc(C)cc1. The molecule has 2 aromatic carbocycles. The Labute approximate surface area is 168 Å². The lowest BCUT2D eigenvalue weighted by atomic mass is 10.2. The molecule has 0 fully saturated rings. The first kappa shape index (κ1) is 21.1. The number of carbonyl (C=O) groups excluding carboxylic acids is 3. The fourth-order valence-corrected chi connectivity index (χ4v) is 2.41. The van der Waals surface area contributed by atoms with Crippen LogP contribution in [0.2, 0.25) is 5.02 Å². The number of benzene rings is 2. The monoisotopic (exact) mass is 400 g/mol. The van der Waals surface area contributed by atoms with Gasteiger partial charge in [-0.3, -0.25) is 14.4 Å². The summed E-state index contributed by atoms with van der Waals surface area (Å²) in [5, 5.41) is 9.54. The molecule has 0 unspecified atom stereocenters. The van der Waals surface area contributed by atoms with Gasteiger partial charge in [0.2, 0.25) is 5.91 Å². The largest absolute Gasteiger partial charge is 0.329 e. The van der Waals surface area contributed by atoms with Gasteiger partial charge in [0.25, 0.3) is 0 Å². The Bertz CT molecular complexity index is 924. The number of hydrazone groups is 1. The molecule has 0 spiro atoms. The van der Waals surface area contributed by atoms with Crippen molar-refractivity contribution in [2.24, 2.45) is 5.10 Å². The summed E-state index contributed by atoms with van der Waals surface area (Å²) >= 11 is 6.02. The van der Waals surface area contributed by atoms with E-state index < -0.39 is 11.8 Å². The van der Waals surface area contributed by atoms with Crippen LogP contribution in [0.3, 0.4) is 0 Å². The van der Waals surface area contributed by atoms with Gasteiger partial charge in [0, 0.05) is 22.1 Å². The molecule has 2 rings (SSSR count). The number of amides is 3. The number of aryl methyl sites for hydroxylation is 1. The van der Waals surface area contributed by atoms with Crippen molar-refractivity contribution in [3.05, 3.63) is 58.6 Å². The van der Waals surface area contributed by atoms with Gasteiger partial charge in [-0.25, -0.2) is 5.43 Å². The van der Waals surface area contributed by atoms with Crippen LogP contribution in [0.25, 0.3) is 0 Å². The molecule has 0 radical (unpaired) electrons. The molecule has 3 amide bonds. The van der Waals surface area contributed by atoms with Crippen molar-refractivity contribution in [2.75, 3.05) is 10.6 Å². The van der Waals surface area contributed by atoms with Crippen LogP contribution in [0.5, 0.6) is 0 Å². The quantitative estimate of drug-likeness (QED) is 0.407. The molecule has 3 N–H and O–H groups in total. The van der Waals surface area contributed by atoms with Gasteiger partial charge in [-0.1, -0.05) is 35.4 Å². The maximum Gasteiger partial charge on any atom is 0.329 e. The third-order valence-corrected chi connectivity index (χ3v) is 4.23. The van der Waals surface area contributed by atoms with E-state index >= 15 is 0 Å². The highest BCUT2D eigenvalue weighted by atomic mass is 35.5. The van der Waals surface area contributed by atoms with E-state index in [1.54, 1.807) is 44.2 Å². The standard InChI is InChI=1S/C20H21ClN4O3/c1-12-7-9-15(10-8-12)22-19(27)20(28)25-24-13(2)11-18(26)23-17-6-4-5-16(21)14(17)3/h4-10H,11H2,1-3H3,(H,22,27)(H,23,26)(H,25,28). The van der Waals surface area contributed by atoms with Crippen LogP contribution >= 0.6 is 11.6 Å². The minimum atomic E-state index is -0.925. The van der Waals surface area contributed by atoms with Gasteiger partial charge in [-0.2, -0.15) is 5.10 Å². The van der Waals surface area contributed by atoms with E-state index in [0.717, 1.165) is 11.1 Å². The van der Waals surface area contributed by atoms with Gasteiger partial charge < -0.3 is 10.6 Å². The maximum atomic E-state index is 12.1. The molecule has 28 heavy (non-hydrogen) atoms. The minimum absolute atomic E-state index is 0.0498. The van der Waals surface area contributed by atoms with Crippen molar-refractivity contribution >= 4 is 46.4 Å². The highest BCUT2D eigenvalue weighted by Crippen LogP contribution is 2.22. The molecular formula is C20H21ClN4O3. The number of anilines is 2. The van der Waals surface area contributed by atoms with Gasteiger partial charge in [0.15, 0.2) is 0 Å². The summed E-state index contributed by atoms with van der Waals surface area (Å²) < 4.78 is 0. The molecule has 0 atom stereocenters. The Hall–Kier alpha value is -3.19. The maximum absolute atomic E-state index is 12.1. The fraction of sp³-hybridized carbons (Fsp3) is 0.200. The summed E-state index contributed by atoms with van der Waals surface area (Å²) in [6, 6.07) is 12.2. The van der Waals surface area contributed by atoms with Crippen molar-refractivity contribution in [3.8, 4) is 0 Å². The Morgan fingerprint density at radius 3 is 2.32 bits per heavy atom. The van der Waals surface area contributed by atoms with Gasteiger partial charge in [-0.15, -0.1) is 0 Å². The van der Waals surface area contributed by atoms with Gasteiger partial charge in [-0.05, 0) is 50.6 Å². The third-order valence-electron chi connectivity index (χ3n) is 3.82. The van der Waals surface area contributed by atoms with Crippen LogP contribution in [0, 0.1) is 13.8 Å². The zero-order valence-electron chi connectivity index (χ0n) is 15.8. The second-order valence-corrected chi connectivity index (χ2v) is 6.65. The first-order valence-electron chi connectivity index (χ1n) is 8.52. The zero-order chi connectivity index (χ0) is 20.7. The highest BCUT2D eigenvalue weighted by molar-refractivity contribution is 6.39. The predicted octanol–water partition coefficient (Wildman–Crippen LogP) is 3.42. The lowest BCUT2D eigenvalue weighted by Gasteiger charge is -2.09. The molecule has 0 aliphatic carbocycles. The number of hydrogen-bond acceptors (Lipinski definition) is 4. The van der Waals surface area contributed by atoms with E-state index in [-0.39, 0.29) is 12.3 Å². The Morgan fingerprint density at radius 1 is 0.964 bits per heavy atom. The Kier molecular flexibility index (Phi) is 7.28. The molecule has 0 saturated heterocycles. The molecule has 0 heterocycles. The second-order valence-electron chi connectivity index (χ2n) is 6.25. The van der Waals surface area contributed by atoms with Crippen LogP contribution in [0.1, 0.15) is 24.5 Å². The average molecular weight is 401 g/mol. The van der Waals surface area contributed by atoms with Crippen molar-refractivity contribution in [3.63, 3.8) is 0 Å². The van der Waals surface area contributed by atoms with Crippen LogP contribution in [0.4, 0.5) is 11.4 Å². The fourth-order valence-electron chi connectivity index (χ4n) is 2.23. The smallest absolute Gasteiger partial charge is 0.325 e. The molecule has 8 heteroatoms. The van der Waals surface area contributed by atoms with Crippen molar-refractivity contribution in [1.82, 2.24) is 5.43 Å². The summed E-state index contributed by atoms with van der Waals surface area (Å²) in [5.41, 5.74) is 5.38. The minimum Gasteiger partial charge on any atom is -0.325 e. The van der Waals surface area contributed by atoms with Crippen molar-refractivity contribution in [1.29, 1.82) is 0 Å². The van der Waals surface area contributed by atoms with Crippen molar-refractivity contribution in [2.45, 2.75) is 27.2 Å². The number of hydrogen-bond donors (Lipinski definition) is 3. The summed E-state index contributed by atoms with van der Waals surface area (Å²) in [6.45, 7) is 5.29. The molecule has 2 aromatic rings. The molecule has 0 saturated carbocycles. The Morgan fingerprint density at radius 2 is 1.64 bits per heavy atom. The Balaban J connectivity index is 1.86. The summed E-state index contributed by atoms with van der Waals surface area (Å²) in [5.74, 6) is -2.09. The average Bonchev–Trinajstić information content (AvgIpc) is 2.65. The molecule has 146 valence electrons. The normalized spacial score (nSPS) is 10.9. The first-order valence-corrected chi connectivity index (χ1v) is 8.90. The van der Waals surface area contributed by atoms with Gasteiger partial charge >= 0.3 is 11.8 Å². The topological polar surface area (TPSA) is 99.7 Å². The molecule has 0 bridgehead atoms. The van der Waals surface area contributed by atoms with E-state index in [2.05, 4.69) is 21.2 Å². The van der Waals surface area contributed by atoms with Crippen LogP contribution in [0.15, 0.2) is 47.6 Å². The summed E-state index contributed by atoms with van der Waals surface area (Å²) in [7, 11) is 0. The summed E-state index contributed by atoms with van der Waals surface area (Å²) in [6.07, 6.45) is -0.0498. The number of carbonyl (C=O) groups is 3. The van der Waals surface area contributed by atoms with E-state index in [1.807, 2.05) is 19.1 Å². The van der Waals surface area contributed by atoms with Crippen LogP contribution in [-0.4, -0.2) is 23.4 Å². The lowest BCUT2D eigenvalue weighted by molar-refractivity contribution is -0.136. The van der Waals surface area contributed by atoms with Crippen LogP contribution in [-0.2, 0) is 14.4 Å². The number of halogens is 1. The van der Waals surface area contributed by atoms with Gasteiger partial charge in [0.1, 0.15) is 0 Å². The third kappa shape index (κ3) is 6.21. The van der Waals surface area contributed by atoms with Crippen LogP contribution < -0.4 is 16.1 Å². The lowest BCUT2D eigenvalue weighted by Crippen LogP contribution is -2.33. The van der Waals surface area contributed by atoms with E-state index in [9.17, 15) is 14.4 Å². The molecule has 0 aromatic heterocycles. The molecule has 0 aliphatic rings.